The van der Waals surface area contributed by atoms with Crippen LogP contribution in [0.25, 0.3) is 11.1 Å². The molecule has 0 aromatic heterocycles. The van der Waals surface area contributed by atoms with Gasteiger partial charge in [-0.05, 0) is 18.6 Å². The van der Waals surface area contributed by atoms with Crippen molar-refractivity contribution in [3.05, 3.63) is 54.6 Å². The summed E-state index contributed by atoms with van der Waals surface area (Å²) in [5.74, 6) is 0.321. The lowest BCUT2D eigenvalue weighted by Crippen LogP contribution is -2.11. The highest BCUT2D eigenvalue weighted by Gasteiger charge is 2.13. The fourth-order valence-corrected chi connectivity index (χ4v) is 2.13. The van der Waals surface area contributed by atoms with E-state index in [0.29, 0.717) is 5.75 Å². The normalized spacial score (nSPS) is 11.2. The van der Waals surface area contributed by atoms with E-state index < -0.39 is 10.1 Å². The second kappa shape index (κ2) is 5.23. The Kier molecular flexibility index (Phi) is 3.67. The van der Waals surface area contributed by atoms with Gasteiger partial charge in [0, 0.05) is 5.56 Å². The first-order valence-electron chi connectivity index (χ1n) is 5.69. The molecule has 0 fully saturated rings. The lowest BCUT2D eigenvalue weighted by Gasteiger charge is -2.10. The van der Waals surface area contributed by atoms with Crippen molar-refractivity contribution in [1.82, 2.24) is 0 Å². The van der Waals surface area contributed by atoms with Crippen molar-refractivity contribution in [3.63, 3.8) is 0 Å². The Hall–Kier alpha value is -1.81. The number of hydrogen-bond donors (Lipinski definition) is 0. The summed E-state index contributed by atoms with van der Waals surface area (Å²) in [7, 11) is -3.50. The zero-order chi connectivity index (χ0) is 13.0. The molecule has 0 atom stereocenters. The molecule has 0 spiro atoms. The molecule has 0 aliphatic carbocycles. The summed E-state index contributed by atoms with van der Waals surface area (Å²) < 4.78 is 28.2. The number of rotatable bonds is 4. The lowest BCUT2D eigenvalue weighted by atomic mass is 10.1. The van der Waals surface area contributed by atoms with Gasteiger partial charge in [-0.15, -0.1) is 0 Å². The van der Waals surface area contributed by atoms with Gasteiger partial charge in [0.25, 0.3) is 0 Å². The van der Waals surface area contributed by atoms with E-state index in [-0.39, 0.29) is 5.75 Å². The summed E-state index contributed by atoms with van der Waals surface area (Å²) in [5, 5.41) is 0. The monoisotopic (exact) mass is 262 g/mol. The first-order chi connectivity index (χ1) is 8.62. The number of hydrogen-bond acceptors (Lipinski definition) is 3. The third kappa shape index (κ3) is 2.90. The van der Waals surface area contributed by atoms with Gasteiger partial charge in [-0.3, -0.25) is 0 Å². The highest BCUT2D eigenvalue weighted by atomic mass is 32.2. The third-order valence-electron chi connectivity index (χ3n) is 2.54. The Morgan fingerprint density at radius 1 is 0.944 bits per heavy atom. The summed E-state index contributed by atoms with van der Waals surface area (Å²) in [6, 6.07) is 16.7. The second-order valence-corrected chi connectivity index (χ2v) is 5.65. The van der Waals surface area contributed by atoms with Crippen LogP contribution in [0.1, 0.15) is 6.92 Å². The Morgan fingerprint density at radius 2 is 1.56 bits per heavy atom. The minimum absolute atomic E-state index is 0.0455. The second-order valence-electron chi connectivity index (χ2n) is 3.79. The average Bonchev–Trinajstić information content (AvgIpc) is 2.40. The molecule has 3 nitrogen and oxygen atoms in total. The van der Waals surface area contributed by atoms with Crippen molar-refractivity contribution < 1.29 is 12.6 Å². The van der Waals surface area contributed by atoms with Crippen LogP contribution in [0.3, 0.4) is 0 Å². The quantitative estimate of drug-likeness (QED) is 0.795. The van der Waals surface area contributed by atoms with Crippen molar-refractivity contribution in [2.24, 2.45) is 0 Å². The Labute approximate surface area is 107 Å². The van der Waals surface area contributed by atoms with Crippen LogP contribution in [0.2, 0.25) is 0 Å². The summed E-state index contributed by atoms with van der Waals surface area (Å²) >= 11 is 0. The molecule has 0 aliphatic rings. The molecule has 18 heavy (non-hydrogen) atoms. The molecule has 0 saturated carbocycles. The molecule has 94 valence electrons. The topological polar surface area (TPSA) is 43.4 Å². The van der Waals surface area contributed by atoms with Gasteiger partial charge in [0.05, 0.1) is 5.75 Å². The van der Waals surface area contributed by atoms with E-state index in [1.54, 1.807) is 19.1 Å². The first-order valence-corrected chi connectivity index (χ1v) is 7.27. The molecular weight excluding hydrogens is 248 g/mol. The van der Waals surface area contributed by atoms with Crippen LogP contribution in [0.15, 0.2) is 54.6 Å². The van der Waals surface area contributed by atoms with Gasteiger partial charge < -0.3 is 4.18 Å². The van der Waals surface area contributed by atoms with Crippen molar-refractivity contribution in [2.75, 3.05) is 5.75 Å². The zero-order valence-electron chi connectivity index (χ0n) is 10.0. The number of benzene rings is 2. The molecule has 2 aromatic carbocycles. The maximum absolute atomic E-state index is 11.5. The standard InChI is InChI=1S/C14H14O3S/c1-2-18(15,16)17-14-11-7-6-10-13(14)12-8-4-3-5-9-12/h3-11H,2H2,1H3. The van der Waals surface area contributed by atoms with Gasteiger partial charge in [-0.2, -0.15) is 8.42 Å². The molecule has 0 unspecified atom stereocenters. The summed E-state index contributed by atoms with van der Waals surface area (Å²) in [5.41, 5.74) is 1.70. The maximum Gasteiger partial charge on any atom is 0.308 e. The van der Waals surface area contributed by atoms with E-state index in [1.165, 1.54) is 0 Å². The van der Waals surface area contributed by atoms with E-state index in [1.807, 2.05) is 42.5 Å². The van der Waals surface area contributed by atoms with Crippen molar-refractivity contribution in [2.45, 2.75) is 6.92 Å². The zero-order valence-corrected chi connectivity index (χ0v) is 10.9. The average molecular weight is 262 g/mol. The van der Waals surface area contributed by atoms with Crippen molar-refractivity contribution in [1.29, 1.82) is 0 Å². The third-order valence-corrected chi connectivity index (χ3v) is 3.68. The van der Waals surface area contributed by atoms with Crippen molar-refractivity contribution >= 4 is 10.1 Å². The molecule has 0 bridgehead atoms. The smallest absolute Gasteiger partial charge is 0.308 e. The van der Waals surface area contributed by atoms with Crippen molar-refractivity contribution in [3.8, 4) is 16.9 Å². The SMILES string of the molecule is CCS(=O)(=O)Oc1ccccc1-c1ccccc1. The molecule has 0 amide bonds. The summed E-state index contributed by atoms with van der Waals surface area (Å²) in [4.78, 5) is 0. The molecule has 2 aromatic rings. The molecule has 0 aliphatic heterocycles. The fraction of sp³-hybridized carbons (Fsp3) is 0.143. The largest absolute Gasteiger partial charge is 0.382 e. The minimum atomic E-state index is -3.50. The molecule has 4 heteroatoms. The molecule has 0 radical (unpaired) electrons. The van der Waals surface area contributed by atoms with E-state index >= 15 is 0 Å². The minimum Gasteiger partial charge on any atom is -0.382 e. The molecule has 0 heterocycles. The van der Waals surface area contributed by atoms with Gasteiger partial charge in [0.1, 0.15) is 5.75 Å². The van der Waals surface area contributed by atoms with Gasteiger partial charge >= 0.3 is 10.1 Å². The molecule has 0 saturated heterocycles. The van der Waals surface area contributed by atoms with Gasteiger partial charge in [0.2, 0.25) is 0 Å². The van der Waals surface area contributed by atoms with Crippen LogP contribution >= 0.6 is 0 Å². The maximum atomic E-state index is 11.5. The molecule has 2 rings (SSSR count). The predicted molar refractivity (Wildman–Crippen MR) is 72.0 cm³/mol. The van der Waals surface area contributed by atoms with Crippen LogP contribution < -0.4 is 4.18 Å². The molecule has 0 N–H and O–H groups in total. The molecular formula is C14H14O3S. The van der Waals surface area contributed by atoms with Crippen LogP contribution in [0.4, 0.5) is 0 Å². The van der Waals surface area contributed by atoms with Gasteiger partial charge in [-0.1, -0.05) is 48.5 Å². The highest BCUT2D eigenvalue weighted by Crippen LogP contribution is 2.30. The van der Waals surface area contributed by atoms with E-state index in [0.717, 1.165) is 11.1 Å². The Balaban J connectivity index is 2.44. The summed E-state index contributed by atoms with van der Waals surface area (Å²) in [6.07, 6.45) is 0. The van der Waals surface area contributed by atoms with Gasteiger partial charge in [-0.25, -0.2) is 0 Å². The first kappa shape index (κ1) is 12.6. The van der Waals surface area contributed by atoms with E-state index in [2.05, 4.69) is 0 Å². The lowest BCUT2D eigenvalue weighted by molar-refractivity contribution is 0.488. The van der Waals surface area contributed by atoms with Crippen LogP contribution in [-0.4, -0.2) is 14.2 Å². The fourth-order valence-electron chi connectivity index (χ4n) is 1.59. The van der Waals surface area contributed by atoms with Crippen LogP contribution in [-0.2, 0) is 10.1 Å². The number of para-hydroxylation sites is 1. The van der Waals surface area contributed by atoms with Gasteiger partial charge in [0.15, 0.2) is 0 Å². The Bertz CT molecular complexity index is 618. The van der Waals surface area contributed by atoms with E-state index in [9.17, 15) is 8.42 Å². The Morgan fingerprint density at radius 3 is 2.22 bits per heavy atom. The predicted octanol–water partition coefficient (Wildman–Crippen LogP) is 3.08. The van der Waals surface area contributed by atoms with E-state index in [4.69, 9.17) is 4.18 Å². The van der Waals surface area contributed by atoms with Crippen LogP contribution in [0.5, 0.6) is 5.75 Å². The van der Waals surface area contributed by atoms with Crippen LogP contribution in [0, 0.1) is 0 Å². The highest BCUT2D eigenvalue weighted by molar-refractivity contribution is 7.87. The summed E-state index contributed by atoms with van der Waals surface area (Å²) in [6.45, 7) is 1.56.